The van der Waals surface area contributed by atoms with E-state index in [1.807, 2.05) is 37.5 Å². The zero-order chi connectivity index (χ0) is 26.5. The van der Waals surface area contributed by atoms with Crippen LogP contribution in [0.15, 0.2) is 35.2 Å². The first-order valence-corrected chi connectivity index (χ1v) is 11.8. The molecule has 0 saturated heterocycles. The summed E-state index contributed by atoms with van der Waals surface area (Å²) in [5, 5.41) is 31.0. The zero-order valence-corrected chi connectivity index (χ0v) is 20.7. The second-order valence-electron chi connectivity index (χ2n) is 8.62. The van der Waals surface area contributed by atoms with E-state index in [2.05, 4.69) is 35.4 Å². The summed E-state index contributed by atoms with van der Waals surface area (Å²) in [5.74, 6) is 0.523. The standard InChI is InChI=1S/C23H29N9O5/c1-4-15(10-33)27-23-28-21(18-22(29-23)31(12-26-18)13(2)3)25-9-14-5-7-16(8-6-14)36-11-17-19(20(24)34)32(35)37-30-17/h5-8,12-13,15,33H,4,9-11H2,1-3H3,(H2,24,34)(H2,25,27,28,29)/t15-/m1/s1. The Labute approximate surface area is 212 Å². The summed E-state index contributed by atoms with van der Waals surface area (Å²) in [4.78, 5) is 25.1. The van der Waals surface area contributed by atoms with Crippen molar-refractivity contribution in [2.75, 3.05) is 17.2 Å². The topological polar surface area (TPSA) is 193 Å². The monoisotopic (exact) mass is 511 g/mol. The van der Waals surface area contributed by atoms with E-state index in [9.17, 15) is 15.1 Å². The number of imidazole rings is 1. The van der Waals surface area contributed by atoms with Crippen molar-refractivity contribution >= 4 is 28.8 Å². The number of primary amides is 1. The molecule has 1 aromatic carbocycles. The number of aliphatic hydroxyl groups is 1. The van der Waals surface area contributed by atoms with Crippen molar-refractivity contribution in [3.05, 3.63) is 52.8 Å². The summed E-state index contributed by atoms with van der Waals surface area (Å²) in [6, 6.07) is 7.20. The van der Waals surface area contributed by atoms with Gasteiger partial charge in [-0.2, -0.15) is 9.97 Å². The van der Waals surface area contributed by atoms with Gasteiger partial charge in [-0.25, -0.2) is 4.98 Å². The number of nitrogens with zero attached hydrogens (tertiary/aromatic N) is 6. The Kier molecular flexibility index (Phi) is 7.67. The summed E-state index contributed by atoms with van der Waals surface area (Å²) < 4.78 is 12.0. The molecule has 14 heteroatoms. The van der Waals surface area contributed by atoms with Crippen LogP contribution in [0.2, 0.25) is 0 Å². The lowest BCUT2D eigenvalue weighted by atomic mass is 10.2. The molecule has 0 saturated carbocycles. The van der Waals surface area contributed by atoms with E-state index < -0.39 is 11.6 Å². The minimum Gasteiger partial charge on any atom is -0.485 e. The maximum absolute atomic E-state index is 11.4. The van der Waals surface area contributed by atoms with Crippen molar-refractivity contribution in [2.45, 2.75) is 52.4 Å². The predicted molar refractivity (Wildman–Crippen MR) is 133 cm³/mol. The lowest BCUT2D eigenvalue weighted by Crippen LogP contribution is -2.35. The minimum atomic E-state index is -0.951. The van der Waals surface area contributed by atoms with Crippen molar-refractivity contribution in [1.29, 1.82) is 0 Å². The van der Waals surface area contributed by atoms with E-state index in [0.29, 0.717) is 35.2 Å². The highest BCUT2D eigenvalue weighted by atomic mass is 16.8. The molecular weight excluding hydrogens is 482 g/mol. The highest BCUT2D eigenvalue weighted by Gasteiger charge is 2.25. The average Bonchev–Trinajstić information content (AvgIpc) is 3.48. The van der Waals surface area contributed by atoms with Gasteiger partial charge in [-0.05, 0) is 42.9 Å². The molecule has 14 nitrogen and oxygen atoms in total. The second kappa shape index (κ2) is 11.1. The molecule has 196 valence electrons. The molecule has 0 aliphatic carbocycles. The molecule has 1 atom stereocenters. The van der Waals surface area contributed by atoms with Crippen molar-refractivity contribution in [2.24, 2.45) is 5.73 Å². The highest BCUT2D eigenvalue weighted by Crippen LogP contribution is 2.24. The molecule has 0 spiro atoms. The molecule has 0 fully saturated rings. The second-order valence-corrected chi connectivity index (χ2v) is 8.62. The average molecular weight is 512 g/mol. The van der Waals surface area contributed by atoms with E-state index >= 15 is 0 Å². The first-order chi connectivity index (χ1) is 17.8. The van der Waals surface area contributed by atoms with E-state index in [1.54, 1.807) is 18.5 Å². The largest absolute Gasteiger partial charge is 0.485 e. The number of hydrogen-bond acceptors (Lipinski definition) is 11. The molecular formula is C23H29N9O5. The van der Waals surface area contributed by atoms with E-state index in [4.69, 9.17) is 10.5 Å². The summed E-state index contributed by atoms with van der Waals surface area (Å²) in [6.07, 6.45) is 2.46. The number of fused-ring (bicyclic) bond motifs is 1. The van der Waals surface area contributed by atoms with Crippen LogP contribution in [0.3, 0.4) is 0 Å². The van der Waals surface area contributed by atoms with E-state index in [1.165, 1.54) is 0 Å². The van der Waals surface area contributed by atoms with Gasteiger partial charge in [0.05, 0.1) is 19.0 Å². The number of amides is 1. The van der Waals surface area contributed by atoms with Gasteiger partial charge in [0, 0.05) is 17.7 Å². The first kappa shape index (κ1) is 25.6. The maximum Gasteiger partial charge on any atom is 0.297 e. The fourth-order valence-electron chi connectivity index (χ4n) is 3.59. The van der Waals surface area contributed by atoms with Crippen molar-refractivity contribution in [3.8, 4) is 5.75 Å². The number of nitrogens with one attached hydrogen (secondary N) is 2. The third-order valence-corrected chi connectivity index (χ3v) is 5.70. The van der Waals surface area contributed by atoms with Crippen LogP contribution in [0.25, 0.3) is 11.2 Å². The molecule has 0 bridgehead atoms. The number of aliphatic hydroxyl groups excluding tert-OH is 1. The Bertz CT molecular complexity index is 1360. The number of aromatic nitrogens is 6. The first-order valence-electron chi connectivity index (χ1n) is 11.8. The molecule has 0 radical (unpaired) electrons. The van der Waals surface area contributed by atoms with E-state index in [0.717, 1.165) is 12.0 Å². The Hall–Kier alpha value is -4.46. The van der Waals surface area contributed by atoms with Gasteiger partial charge in [0.1, 0.15) is 5.75 Å². The number of rotatable bonds is 12. The Balaban J connectivity index is 1.47. The molecule has 1 amide bonds. The smallest absolute Gasteiger partial charge is 0.297 e. The van der Waals surface area contributed by atoms with Gasteiger partial charge >= 0.3 is 0 Å². The SMILES string of the molecule is CC[C@H](CO)Nc1nc(NCc2ccc(OCc3no[n+]([O-])c3C(N)=O)cc2)c2ncn(C(C)C)c2n1. The summed E-state index contributed by atoms with van der Waals surface area (Å²) in [6.45, 7) is 6.32. The van der Waals surface area contributed by atoms with E-state index in [-0.39, 0.29) is 35.9 Å². The summed E-state index contributed by atoms with van der Waals surface area (Å²) in [5.41, 5.74) is 7.07. The minimum absolute atomic E-state index is 0.0118. The molecule has 0 aliphatic heterocycles. The molecule has 3 aromatic heterocycles. The number of carbonyl (C=O) groups excluding carboxylic acids is 1. The highest BCUT2D eigenvalue weighted by molar-refractivity contribution is 5.90. The normalized spacial score (nSPS) is 12.1. The summed E-state index contributed by atoms with van der Waals surface area (Å²) in [7, 11) is 0. The van der Waals surface area contributed by atoms with Gasteiger partial charge in [0.2, 0.25) is 5.95 Å². The van der Waals surface area contributed by atoms with Gasteiger partial charge in [-0.3, -0.25) is 9.42 Å². The van der Waals surface area contributed by atoms with Crippen molar-refractivity contribution < 1.29 is 24.2 Å². The number of hydrogen-bond donors (Lipinski definition) is 4. The van der Waals surface area contributed by atoms with Crippen LogP contribution >= 0.6 is 0 Å². The number of benzene rings is 1. The van der Waals surface area contributed by atoms with Crippen LogP contribution < -0.4 is 26.0 Å². The predicted octanol–water partition coefficient (Wildman–Crippen LogP) is 1.50. The number of ether oxygens (including phenoxy) is 1. The van der Waals surface area contributed by atoms with Crippen LogP contribution in [-0.4, -0.2) is 48.3 Å². The van der Waals surface area contributed by atoms with Crippen LogP contribution in [0.4, 0.5) is 11.8 Å². The van der Waals surface area contributed by atoms with Gasteiger partial charge < -0.3 is 36.0 Å². The Morgan fingerprint density at radius 2 is 2.05 bits per heavy atom. The lowest BCUT2D eigenvalue weighted by molar-refractivity contribution is -0.803. The fraction of sp³-hybridized carbons (Fsp3) is 0.391. The van der Waals surface area contributed by atoms with Crippen LogP contribution in [0.5, 0.6) is 5.75 Å². The maximum atomic E-state index is 11.4. The van der Waals surface area contributed by atoms with Gasteiger partial charge in [0.15, 0.2) is 23.6 Å². The third-order valence-electron chi connectivity index (χ3n) is 5.70. The molecule has 0 aliphatic rings. The molecule has 0 unspecified atom stereocenters. The molecule has 3 heterocycles. The molecule has 37 heavy (non-hydrogen) atoms. The summed E-state index contributed by atoms with van der Waals surface area (Å²) >= 11 is 0. The number of nitrogens with two attached hydrogens (primary N) is 1. The number of anilines is 2. The Morgan fingerprint density at radius 3 is 2.70 bits per heavy atom. The van der Waals surface area contributed by atoms with Gasteiger partial charge in [0.25, 0.3) is 17.3 Å². The molecule has 4 rings (SSSR count). The van der Waals surface area contributed by atoms with Crippen molar-refractivity contribution in [1.82, 2.24) is 24.7 Å². The van der Waals surface area contributed by atoms with Crippen LogP contribution in [-0.2, 0) is 13.2 Å². The fourth-order valence-corrected chi connectivity index (χ4v) is 3.59. The van der Waals surface area contributed by atoms with Gasteiger partial charge in [-0.1, -0.05) is 19.1 Å². The quantitative estimate of drug-likeness (QED) is 0.201. The Morgan fingerprint density at radius 1 is 1.30 bits per heavy atom. The molecule has 4 aromatic rings. The zero-order valence-electron chi connectivity index (χ0n) is 20.7. The van der Waals surface area contributed by atoms with Crippen molar-refractivity contribution in [3.63, 3.8) is 0 Å². The number of carbonyl (C=O) groups is 1. The van der Waals surface area contributed by atoms with Crippen LogP contribution in [0, 0.1) is 5.21 Å². The van der Waals surface area contributed by atoms with Crippen LogP contribution in [0.1, 0.15) is 55.0 Å². The lowest BCUT2D eigenvalue weighted by Gasteiger charge is -2.16. The van der Waals surface area contributed by atoms with Gasteiger partial charge in [-0.15, -0.1) is 0 Å². The third kappa shape index (κ3) is 5.69. The molecule has 5 N–H and O–H groups in total.